The Hall–Kier alpha value is -3.28. The first-order valence-electron chi connectivity index (χ1n) is 12.1. The molecule has 0 N–H and O–H groups in total. The molecule has 3 aromatic rings. The van der Waals surface area contributed by atoms with E-state index >= 15 is 0 Å². The Morgan fingerprint density at radius 2 is 1.83 bits per heavy atom. The highest BCUT2D eigenvalue weighted by Gasteiger charge is 2.23. The SMILES string of the molecule is CCC/C(N=C(C)c1ccc(C(C)(F)F)cc1)=C(/C)C(CC)Oc1ccc2c(ccn2CC=O)c1. The van der Waals surface area contributed by atoms with E-state index in [0.717, 1.165) is 71.7 Å². The molecule has 0 bridgehead atoms. The number of ether oxygens (including phenoxy) is 1. The zero-order chi connectivity index (χ0) is 25.6. The summed E-state index contributed by atoms with van der Waals surface area (Å²) in [6.45, 7) is 9.37. The molecule has 2 aromatic carbocycles. The second-order valence-electron chi connectivity index (χ2n) is 8.91. The van der Waals surface area contributed by atoms with Crippen molar-refractivity contribution in [2.45, 2.75) is 72.5 Å². The molecule has 0 aliphatic carbocycles. The van der Waals surface area contributed by atoms with E-state index in [9.17, 15) is 13.6 Å². The second kappa shape index (κ2) is 11.4. The van der Waals surface area contributed by atoms with Gasteiger partial charge in [0.1, 0.15) is 18.1 Å². The molecule has 1 aromatic heterocycles. The molecule has 1 unspecified atom stereocenters. The van der Waals surface area contributed by atoms with Crippen LogP contribution in [0.15, 0.2) is 71.0 Å². The lowest BCUT2D eigenvalue weighted by atomic mass is 10.0. The Bertz CT molecular complexity index is 1220. The summed E-state index contributed by atoms with van der Waals surface area (Å²) in [7, 11) is 0. The molecule has 186 valence electrons. The first-order chi connectivity index (χ1) is 16.7. The summed E-state index contributed by atoms with van der Waals surface area (Å²) in [5.41, 5.74) is 4.60. The summed E-state index contributed by atoms with van der Waals surface area (Å²) in [6, 6.07) is 14.2. The van der Waals surface area contributed by atoms with Gasteiger partial charge in [0.15, 0.2) is 0 Å². The first-order valence-corrected chi connectivity index (χ1v) is 12.1. The molecule has 0 radical (unpaired) electrons. The Morgan fingerprint density at radius 3 is 2.43 bits per heavy atom. The number of aldehydes is 1. The lowest BCUT2D eigenvalue weighted by molar-refractivity contribution is -0.108. The maximum Gasteiger partial charge on any atom is 0.270 e. The molecule has 0 saturated heterocycles. The average Bonchev–Trinajstić information content (AvgIpc) is 3.23. The van der Waals surface area contributed by atoms with Crippen LogP contribution in [0.1, 0.15) is 65.0 Å². The fourth-order valence-corrected chi connectivity index (χ4v) is 4.17. The number of allylic oxidation sites excluding steroid dienone is 1. The molecular weight excluding hydrogens is 446 g/mol. The van der Waals surface area contributed by atoms with Gasteiger partial charge in [-0.1, -0.05) is 44.5 Å². The third-order valence-electron chi connectivity index (χ3n) is 6.20. The summed E-state index contributed by atoms with van der Waals surface area (Å²) in [6.07, 6.45) is 5.13. The van der Waals surface area contributed by atoms with Gasteiger partial charge in [-0.25, -0.2) is 8.78 Å². The largest absolute Gasteiger partial charge is 0.486 e. The summed E-state index contributed by atoms with van der Waals surface area (Å²) in [4.78, 5) is 15.8. The highest BCUT2D eigenvalue weighted by molar-refractivity contribution is 5.99. The zero-order valence-corrected chi connectivity index (χ0v) is 21.1. The van der Waals surface area contributed by atoms with Crippen LogP contribution in [0.5, 0.6) is 5.75 Å². The minimum atomic E-state index is -2.86. The van der Waals surface area contributed by atoms with Crippen molar-refractivity contribution in [3.05, 3.63) is 77.1 Å². The van der Waals surface area contributed by atoms with Crippen molar-refractivity contribution in [1.29, 1.82) is 0 Å². The third kappa shape index (κ3) is 6.44. The molecule has 4 nitrogen and oxygen atoms in total. The van der Waals surface area contributed by atoms with Gasteiger partial charge in [-0.2, -0.15) is 0 Å². The molecular formula is C29H34F2N2O2. The van der Waals surface area contributed by atoms with E-state index in [0.29, 0.717) is 6.54 Å². The van der Waals surface area contributed by atoms with E-state index in [1.54, 1.807) is 12.1 Å². The molecule has 0 aliphatic rings. The van der Waals surface area contributed by atoms with Gasteiger partial charge >= 0.3 is 0 Å². The Morgan fingerprint density at radius 1 is 1.11 bits per heavy atom. The number of halogens is 2. The maximum atomic E-state index is 13.6. The van der Waals surface area contributed by atoms with Gasteiger partial charge in [-0.05, 0) is 62.1 Å². The second-order valence-corrected chi connectivity index (χ2v) is 8.91. The Balaban J connectivity index is 1.87. The number of alkyl halides is 2. The normalized spacial score (nSPS) is 14.1. The number of benzene rings is 2. The minimum absolute atomic E-state index is 0.00697. The number of fused-ring (bicyclic) bond motifs is 1. The predicted octanol–water partition coefficient (Wildman–Crippen LogP) is 7.69. The van der Waals surface area contributed by atoms with E-state index in [1.165, 1.54) is 12.1 Å². The van der Waals surface area contributed by atoms with E-state index in [4.69, 9.17) is 9.73 Å². The minimum Gasteiger partial charge on any atom is -0.486 e. The smallest absolute Gasteiger partial charge is 0.270 e. The molecule has 1 atom stereocenters. The molecule has 0 aliphatic heterocycles. The summed E-state index contributed by atoms with van der Waals surface area (Å²) < 4.78 is 35.4. The van der Waals surface area contributed by atoms with E-state index in [2.05, 4.69) is 20.8 Å². The average molecular weight is 481 g/mol. The third-order valence-corrected chi connectivity index (χ3v) is 6.20. The Kier molecular flexibility index (Phi) is 8.60. The highest BCUT2D eigenvalue weighted by atomic mass is 19.3. The summed E-state index contributed by atoms with van der Waals surface area (Å²) in [5.74, 6) is -2.10. The van der Waals surface area contributed by atoms with Crippen LogP contribution in [0.3, 0.4) is 0 Å². The number of aliphatic imine (C=N–C) groups is 1. The molecule has 1 heterocycles. The lowest BCUT2D eigenvalue weighted by Gasteiger charge is -2.21. The van der Waals surface area contributed by atoms with Crippen molar-refractivity contribution < 1.29 is 18.3 Å². The van der Waals surface area contributed by atoms with Crippen LogP contribution >= 0.6 is 0 Å². The number of hydrogen-bond donors (Lipinski definition) is 0. The topological polar surface area (TPSA) is 43.6 Å². The van der Waals surface area contributed by atoms with Crippen molar-refractivity contribution >= 4 is 22.9 Å². The van der Waals surface area contributed by atoms with Crippen LogP contribution in [-0.2, 0) is 17.3 Å². The van der Waals surface area contributed by atoms with Crippen LogP contribution in [0.25, 0.3) is 10.9 Å². The fraction of sp³-hybridized carbons (Fsp3) is 0.379. The molecule has 0 saturated carbocycles. The van der Waals surface area contributed by atoms with Crippen LogP contribution in [-0.4, -0.2) is 22.7 Å². The summed E-state index contributed by atoms with van der Waals surface area (Å²) >= 11 is 0. The fourth-order valence-electron chi connectivity index (χ4n) is 4.17. The molecule has 3 rings (SSSR count). The summed E-state index contributed by atoms with van der Waals surface area (Å²) in [5, 5.41) is 1.02. The van der Waals surface area contributed by atoms with Gasteiger partial charge in [-0.3, -0.25) is 4.99 Å². The molecule has 0 amide bonds. The molecule has 6 heteroatoms. The standard InChI is InChI=1S/C29H34F2N2O2/c1-6-8-26(32-21(4)22-9-11-24(12-10-22)29(5,30)31)20(3)28(7-2)35-25-13-14-27-23(19-25)15-16-33(27)17-18-34/h9-16,18-19,28H,6-8,17H2,1-5H3/b26-20+,32-21?. The molecule has 0 fully saturated rings. The van der Waals surface area contributed by atoms with Crippen molar-refractivity contribution in [2.24, 2.45) is 4.99 Å². The number of carbonyl (C=O) groups excluding carboxylic acids is 1. The number of aromatic nitrogens is 1. The zero-order valence-electron chi connectivity index (χ0n) is 21.1. The van der Waals surface area contributed by atoms with Crippen molar-refractivity contribution in [3.63, 3.8) is 0 Å². The first kappa shape index (κ1) is 26.3. The monoisotopic (exact) mass is 480 g/mol. The van der Waals surface area contributed by atoms with Crippen LogP contribution in [0.2, 0.25) is 0 Å². The van der Waals surface area contributed by atoms with Gasteiger partial charge in [0.2, 0.25) is 0 Å². The van der Waals surface area contributed by atoms with Gasteiger partial charge < -0.3 is 14.1 Å². The molecule has 35 heavy (non-hydrogen) atoms. The number of nitrogens with zero attached hydrogens (tertiary/aromatic N) is 2. The number of carbonyl (C=O) groups is 1. The maximum absolute atomic E-state index is 13.6. The van der Waals surface area contributed by atoms with E-state index in [-0.39, 0.29) is 11.7 Å². The highest BCUT2D eigenvalue weighted by Crippen LogP contribution is 2.28. The van der Waals surface area contributed by atoms with Crippen LogP contribution in [0.4, 0.5) is 8.78 Å². The lowest BCUT2D eigenvalue weighted by Crippen LogP contribution is -2.18. The Labute approximate surface area is 206 Å². The van der Waals surface area contributed by atoms with Crippen molar-refractivity contribution in [2.75, 3.05) is 0 Å². The van der Waals surface area contributed by atoms with Gasteiger partial charge in [-0.15, -0.1) is 0 Å². The van der Waals surface area contributed by atoms with Crippen molar-refractivity contribution in [1.82, 2.24) is 4.57 Å². The van der Waals surface area contributed by atoms with Crippen molar-refractivity contribution in [3.8, 4) is 5.75 Å². The quantitative estimate of drug-likeness (QED) is 0.209. The van der Waals surface area contributed by atoms with Crippen LogP contribution < -0.4 is 4.74 Å². The number of hydrogen-bond acceptors (Lipinski definition) is 3. The van der Waals surface area contributed by atoms with Gasteiger partial charge in [0.25, 0.3) is 5.92 Å². The van der Waals surface area contributed by atoms with E-state index in [1.807, 2.05) is 42.0 Å². The predicted molar refractivity (Wildman–Crippen MR) is 139 cm³/mol. The van der Waals surface area contributed by atoms with E-state index < -0.39 is 5.92 Å². The van der Waals surface area contributed by atoms with Gasteiger partial charge in [0.05, 0.1) is 6.54 Å². The van der Waals surface area contributed by atoms with Gasteiger partial charge in [0, 0.05) is 41.0 Å². The molecule has 0 spiro atoms. The van der Waals surface area contributed by atoms with Crippen LogP contribution in [0, 0.1) is 0 Å². The number of rotatable bonds is 11.